The third kappa shape index (κ3) is 6.79. The van der Waals surface area contributed by atoms with Crippen molar-refractivity contribution in [1.29, 1.82) is 5.26 Å². The Balaban J connectivity index is 0.00000361. The molecular formula is C16H30N2O2. The van der Waals surface area contributed by atoms with Crippen molar-refractivity contribution >= 4 is 6.09 Å². The third-order valence-electron chi connectivity index (χ3n) is 3.79. The Bertz CT molecular complexity index is 344. The molecule has 0 aromatic rings. The molecule has 4 heteroatoms. The average molecular weight is 282 g/mol. The standard InChI is InChI=1S/C15H26N2O2.CH4/c1-14(2,3)17-13(18)19-10-9-15(4)7-5-12(11-16)6-8-15;/h12H,5-10H2,1-4H3,(H,17,18);1H4. The highest BCUT2D eigenvalue weighted by molar-refractivity contribution is 5.67. The van der Waals surface area contributed by atoms with Gasteiger partial charge < -0.3 is 10.1 Å². The Labute approximate surface area is 123 Å². The van der Waals surface area contributed by atoms with Crippen molar-refractivity contribution in [1.82, 2.24) is 5.32 Å². The van der Waals surface area contributed by atoms with Crippen molar-refractivity contribution in [3.05, 3.63) is 0 Å². The number of carbonyl (C=O) groups is 1. The number of ether oxygens (including phenoxy) is 1. The van der Waals surface area contributed by atoms with E-state index < -0.39 is 0 Å². The van der Waals surface area contributed by atoms with Crippen LogP contribution in [0, 0.1) is 22.7 Å². The van der Waals surface area contributed by atoms with Gasteiger partial charge in [-0.05, 0) is 58.3 Å². The second-order valence-electron chi connectivity index (χ2n) is 6.97. The van der Waals surface area contributed by atoms with Gasteiger partial charge in [0.1, 0.15) is 0 Å². The van der Waals surface area contributed by atoms with E-state index in [-0.39, 0.29) is 30.4 Å². The summed E-state index contributed by atoms with van der Waals surface area (Å²) in [6.07, 6.45) is 4.58. The van der Waals surface area contributed by atoms with Gasteiger partial charge in [-0.2, -0.15) is 5.26 Å². The van der Waals surface area contributed by atoms with E-state index in [2.05, 4.69) is 18.3 Å². The van der Waals surface area contributed by atoms with Crippen LogP contribution in [-0.4, -0.2) is 18.2 Å². The highest BCUT2D eigenvalue weighted by Gasteiger charge is 2.31. The maximum Gasteiger partial charge on any atom is 0.407 e. The Morgan fingerprint density at radius 1 is 1.40 bits per heavy atom. The first-order valence-corrected chi connectivity index (χ1v) is 7.09. The van der Waals surface area contributed by atoms with Gasteiger partial charge in [0.2, 0.25) is 0 Å². The number of amides is 1. The summed E-state index contributed by atoms with van der Waals surface area (Å²) in [5.41, 5.74) is -0.0405. The molecule has 0 spiro atoms. The molecule has 0 unspecified atom stereocenters. The molecule has 0 heterocycles. The molecule has 0 aromatic heterocycles. The van der Waals surface area contributed by atoms with Gasteiger partial charge >= 0.3 is 6.09 Å². The molecule has 20 heavy (non-hydrogen) atoms. The van der Waals surface area contributed by atoms with E-state index in [9.17, 15) is 4.79 Å². The van der Waals surface area contributed by atoms with Crippen LogP contribution in [0.25, 0.3) is 0 Å². The number of nitrogens with zero attached hydrogens (tertiary/aromatic N) is 1. The summed E-state index contributed by atoms with van der Waals surface area (Å²) >= 11 is 0. The minimum atomic E-state index is -0.346. The number of rotatable bonds is 3. The Kier molecular flexibility index (Phi) is 7.05. The van der Waals surface area contributed by atoms with Crippen LogP contribution in [-0.2, 0) is 4.74 Å². The van der Waals surface area contributed by atoms with Gasteiger partial charge in [0.15, 0.2) is 0 Å². The van der Waals surface area contributed by atoms with E-state index in [0.29, 0.717) is 6.61 Å². The fourth-order valence-electron chi connectivity index (χ4n) is 2.43. The quantitative estimate of drug-likeness (QED) is 0.841. The number of hydrogen-bond donors (Lipinski definition) is 1. The predicted molar refractivity (Wildman–Crippen MR) is 81.3 cm³/mol. The van der Waals surface area contributed by atoms with E-state index >= 15 is 0 Å². The monoisotopic (exact) mass is 282 g/mol. The summed E-state index contributed by atoms with van der Waals surface area (Å²) in [6, 6.07) is 2.35. The first-order valence-electron chi connectivity index (χ1n) is 7.09. The minimum absolute atomic E-state index is 0. The van der Waals surface area contributed by atoms with Gasteiger partial charge in [-0.1, -0.05) is 14.4 Å². The fraction of sp³-hybridized carbons (Fsp3) is 0.875. The van der Waals surface area contributed by atoms with Gasteiger partial charge in [-0.15, -0.1) is 0 Å². The number of hydrogen-bond acceptors (Lipinski definition) is 3. The maximum atomic E-state index is 11.5. The SMILES string of the molecule is C.CC1(CCOC(=O)NC(C)(C)C)CCC(C#N)CC1. The first kappa shape index (κ1) is 18.8. The Morgan fingerprint density at radius 3 is 2.40 bits per heavy atom. The third-order valence-corrected chi connectivity index (χ3v) is 3.79. The number of nitriles is 1. The molecule has 1 N–H and O–H groups in total. The first-order chi connectivity index (χ1) is 8.74. The highest BCUT2D eigenvalue weighted by atomic mass is 16.5. The van der Waals surface area contributed by atoms with Gasteiger partial charge in [0, 0.05) is 11.5 Å². The average Bonchev–Trinajstić information content (AvgIpc) is 2.27. The van der Waals surface area contributed by atoms with Crippen LogP contribution in [0.2, 0.25) is 0 Å². The molecule has 0 saturated heterocycles. The van der Waals surface area contributed by atoms with Crippen molar-refractivity contribution in [3.63, 3.8) is 0 Å². The molecule has 4 nitrogen and oxygen atoms in total. The number of alkyl carbamates (subject to hydrolysis) is 1. The van der Waals surface area contributed by atoms with E-state index in [1.54, 1.807) is 0 Å². The minimum Gasteiger partial charge on any atom is -0.450 e. The summed E-state index contributed by atoms with van der Waals surface area (Å²) in [5, 5.41) is 11.7. The van der Waals surface area contributed by atoms with Crippen molar-refractivity contribution in [3.8, 4) is 6.07 Å². The molecule has 0 aliphatic heterocycles. The zero-order valence-corrected chi connectivity index (χ0v) is 12.6. The lowest BCUT2D eigenvalue weighted by atomic mass is 9.70. The summed E-state index contributed by atoms with van der Waals surface area (Å²) in [7, 11) is 0. The van der Waals surface area contributed by atoms with Crippen LogP contribution < -0.4 is 5.32 Å². The van der Waals surface area contributed by atoms with Crippen LogP contribution in [0.3, 0.4) is 0 Å². The van der Waals surface area contributed by atoms with Gasteiger partial charge in [-0.3, -0.25) is 0 Å². The summed E-state index contributed by atoms with van der Waals surface area (Å²) in [6.45, 7) is 8.47. The van der Waals surface area contributed by atoms with Gasteiger partial charge in [0.05, 0.1) is 12.7 Å². The fourth-order valence-corrected chi connectivity index (χ4v) is 2.43. The van der Waals surface area contributed by atoms with Crippen molar-refractivity contribution < 1.29 is 9.53 Å². The maximum absolute atomic E-state index is 11.5. The predicted octanol–water partition coefficient (Wildman–Crippen LogP) is 4.26. The van der Waals surface area contributed by atoms with Gasteiger partial charge in [0.25, 0.3) is 0 Å². The largest absolute Gasteiger partial charge is 0.450 e. The summed E-state index contributed by atoms with van der Waals surface area (Å²) in [5.74, 6) is 0.221. The molecule has 1 aliphatic rings. The Hall–Kier alpha value is -1.24. The van der Waals surface area contributed by atoms with Crippen LogP contribution in [0.4, 0.5) is 4.79 Å². The van der Waals surface area contributed by atoms with E-state index in [4.69, 9.17) is 10.00 Å². The van der Waals surface area contributed by atoms with E-state index in [1.807, 2.05) is 20.8 Å². The zero-order chi connectivity index (χ0) is 14.5. The lowest BCUT2D eigenvalue weighted by Crippen LogP contribution is -2.41. The van der Waals surface area contributed by atoms with Crippen LogP contribution in [0.1, 0.15) is 67.2 Å². The van der Waals surface area contributed by atoms with E-state index in [0.717, 1.165) is 32.1 Å². The normalized spacial score (nSPS) is 26.1. The van der Waals surface area contributed by atoms with Crippen LogP contribution in [0.5, 0.6) is 0 Å². The molecule has 1 saturated carbocycles. The van der Waals surface area contributed by atoms with Crippen molar-refractivity contribution in [2.24, 2.45) is 11.3 Å². The second kappa shape index (κ2) is 7.52. The molecule has 1 fully saturated rings. The molecule has 0 aromatic carbocycles. The van der Waals surface area contributed by atoms with Crippen LogP contribution >= 0.6 is 0 Å². The molecule has 0 bridgehead atoms. The topological polar surface area (TPSA) is 62.1 Å². The van der Waals surface area contributed by atoms with E-state index in [1.165, 1.54) is 0 Å². The molecule has 116 valence electrons. The highest BCUT2D eigenvalue weighted by Crippen LogP contribution is 2.40. The summed E-state index contributed by atoms with van der Waals surface area (Å²) < 4.78 is 5.22. The smallest absolute Gasteiger partial charge is 0.407 e. The number of nitrogens with one attached hydrogen (secondary N) is 1. The zero-order valence-electron chi connectivity index (χ0n) is 12.6. The molecule has 0 radical (unpaired) electrons. The van der Waals surface area contributed by atoms with Crippen molar-refractivity contribution in [2.45, 2.75) is 72.8 Å². The summed E-state index contributed by atoms with van der Waals surface area (Å²) in [4.78, 5) is 11.5. The second-order valence-corrected chi connectivity index (χ2v) is 6.97. The molecule has 0 atom stereocenters. The molecule has 1 aliphatic carbocycles. The van der Waals surface area contributed by atoms with Crippen molar-refractivity contribution in [2.75, 3.05) is 6.61 Å². The molecular weight excluding hydrogens is 252 g/mol. The lowest BCUT2D eigenvalue weighted by Gasteiger charge is -2.35. The number of carbonyl (C=O) groups excluding carboxylic acids is 1. The Morgan fingerprint density at radius 2 is 1.95 bits per heavy atom. The van der Waals surface area contributed by atoms with Crippen LogP contribution in [0.15, 0.2) is 0 Å². The van der Waals surface area contributed by atoms with Gasteiger partial charge in [-0.25, -0.2) is 4.79 Å². The molecule has 1 rings (SSSR count). The molecule has 1 amide bonds. The lowest BCUT2D eigenvalue weighted by molar-refractivity contribution is 0.0989.